The van der Waals surface area contributed by atoms with Gasteiger partial charge in [-0.15, -0.1) is 0 Å². The summed E-state index contributed by atoms with van der Waals surface area (Å²) in [5, 5.41) is 0.935. The smallest absolute Gasteiger partial charge is 0.248 e. The van der Waals surface area contributed by atoms with Crippen molar-refractivity contribution in [3.8, 4) is 5.75 Å². The first-order valence-corrected chi connectivity index (χ1v) is 9.15. The van der Waals surface area contributed by atoms with Crippen LogP contribution in [0.15, 0.2) is 35.1 Å². The first kappa shape index (κ1) is 17.5. The van der Waals surface area contributed by atoms with Crippen LogP contribution >= 0.6 is 0 Å². The topological polar surface area (TPSA) is 62.4 Å². The molecule has 0 bridgehead atoms. The molecular formula is C20H26N2O3. The molecule has 134 valence electrons. The molecule has 1 heterocycles. The molecule has 1 aliphatic carbocycles. The molecule has 0 spiro atoms. The van der Waals surface area contributed by atoms with E-state index in [1.165, 1.54) is 25.3 Å². The van der Waals surface area contributed by atoms with Crippen LogP contribution < -0.4 is 10.3 Å². The minimum absolute atomic E-state index is 0.109. The maximum absolute atomic E-state index is 12.3. The van der Waals surface area contributed by atoms with Crippen molar-refractivity contribution in [2.45, 2.75) is 51.0 Å². The lowest BCUT2D eigenvalue weighted by atomic mass is 9.94. The largest absolute Gasteiger partial charge is 0.494 e. The Morgan fingerprint density at radius 3 is 2.80 bits per heavy atom. The Morgan fingerprint density at radius 2 is 2.00 bits per heavy atom. The summed E-state index contributed by atoms with van der Waals surface area (Å²) in [6.45, 7) is 0.513. The number of rotatable bonds is 6. The summed E-state index contributed by atoms with van der Waals surface area (Å²) in [5.41, 5.74) is 0.686. The van der Waals surface area contributed by atoms with Gasteiger partial charge in [0, 0.05) is 36.5 Å². The molecule has 25 heavy (non-hydrogen) atoms. The Balaban J connectivity index is 1.45. The maximum atomic E-state index is 12.3. The Labute approximate surface area is 148 Å². The summed E-state index contributed by atoms with van der Waals surface area (Å²) in [5.74, 6) is 0.971. The van der Waals surface area contributed by atoms with Gasteiger partial charge in [-0.3, -0.25) is 9.59 Å². The van der Waals surface area contributed by atoms with E-state index in [1.54, 1.807) is 6.07 Å². The number of fused-ring (bicyclic) bond motifs is 1. The Morgan fingerprint density at radius 1 is 1.20 bits per heavy atom. The number of carbonyl (C=O) groups excluding carboxylic acids is 1. The molecule has 1 aromatic carbocycles. The zero-order chi connectivity index (χ0) is 17.6. The highest BCUT2D eigenvalue weighted by Crippen LogP contribution is 2.22. The van der Waals surface area contributed by atoms with Crippen molar-refractivity contribution >= 4 is 16.8 Å². The van der Waals surface area contributed by atoms with Gasteiger partial charge >= 0.3 is 0 Å². The number of nitrogens with one attached hydrogen (secondary N) is 1. The van der Waals surface area contributed by atoms with Gasteiger partial charge in [-0.25, -0.2) is 0 Å². The zero-order valence-electron chi connectivity index (χ0n) is 14.8. The fourth-order valence-corrected chi connectivity index (χ4v) is 3.48. The zero-order valence-corrected chi connectivity index (χ0v) is 14.8. The summed E-state index contributed by atoms with van der Waals surface area (Å²) in [7, 11) is 1.93. The van der Waals surface area contributed by atoms with Crippen molar-refractivity contribution in [2.75, 3.05) is 13.7 Å². The molecule has 0 saturated heterocycles. The molecule has 1 aromatic heterocycles. The number of hydrogen-bond acceptors (Lipinski definition) is 3. The second-order valence-corrected chi connectivity index (χ2v) is 6.82. The second kappa shape index (κ2) is 8.19. The van der Waals surface area contributed by atoms with E-state index in [-0.39, 0.29) is 11.5 Å². The summed E-state index contributed by atoms with van der Waals surface area (Å²) >= 11 is 0. The number of aromatic amines is 1. The lowest BCUT2D eigenvalue weighted by molar-refractivity contribution is -0.132. The van der Waals surface area contributed by atoms with Gasteiger partial charge in [0.25, 0.3) is 0 Å². The average Bonchev–Trinajstić information content (AvgIpc) is 2.65. The van der Waals surface area contributed by atoms with E-state index in [4.69, 9.17) is 4.74 Å². The highest BCUT2D eigenvalue weighted by Gasteiger charge is 2.21. The summed E-state index contributed by atoms with van der Waals surface area (Å²) in [6, 6.07) is 9.30. The second-order valence-electron chi connectivity index (χ2n) is 6.82. The van der Waals surface area contributed by atoms with Crippen molar-refractivity contribution in [3.63, 3.8) is 0 Å². The number of benzene rings is 1. The van der Waals surface area contributed by atoms with Gasteiger partial charge in [0.1, 0.15) is 5.75 Å². The summed E-state index contributed by atoms with van der Waals surface area (Å²) in [6.07, 6.45) is 7.27. The van der Waals surface area contributed by atoms with Crippen LogP contribution in [0.2, 0.25) is 0 Å². The van der Waals surface area contributed by atoms with Crippen LogP contribution in [0.4, 0.5) is 0 Å². The lowest BCUT2D eigenvalue weighted by Gasteiger charge is -2.31. The van der Waals surface area contributed by atoms with Crippen molar-refractivity contribution in [1.82, 2.24) is 9.88 Å². The molecule has 1 aliphatic rings. The van der Waals surface area contributed by atoms with Gasteiger partial charge in [0.2, 0.25) is 11.5 Å². The molecule has 2 aromatic rings. The molecule has 1 amide bonds. The molecule has 0 atom stereocenters. The summed E-state index contributed by atoms with van der Waals surface area (Å²) < 4.78 is 5.76. The highest BCUT2D eigenvalue weighted by molar-refractivity contribution is 5.79. The number of amides is 1. The molecule has 1 N–H and O–H groups in total. The van der Waals surface area contributed by atoms with Crippen LogP contribution in [0.5, 0.6) is 5.75 Å². The van der Waals surface area contributed by atoms with Gasteiger partial charge in [-0.05, 0) is 43.5 Å². The van der Waals surface area contributed by atoms with Crippen molar-refractivity contribution in [1.29, 1.82) is 0 Å². The van der Waals surface area contributed by atoms with Crippen LogP contribution in [0.1, 0.15) is 44.9 Å². The number of nitrogens with zero attached hydrogens (tertiary/aromatic N) is 1. The number of hydrogen-bond donors (Lipinski definition) is 1. The SMILES string of the molecule is CN(C(=O)CCCOc1ccc2[nH]c(=O)ccc2c1)C1CCCCC1. The lowest BCUT2D eigenvalue weighted by Crippen LogP contribution is -2.38. The fourth-order valence-electron chi connectivity index (χ4n) is 3.48. The van der Waals surface area contributed by atoms with Crippen LogP contribution in [0.3, 0.4) is 0 Å². The third-order valence-electron chi connectivity index (χ3n) is 5.01. The highest BCUT2D eigenvalue weighted by atomic mass is 16.5. The van der Waals surface area contributed by atoms with E-state index < -0.39 is 0 Å². The van der Waals surface area contributed by atoms with Crippen LogP contribution in [-0.2, 0) is 4.79 Å². The van der Waals surface area contributed by atoms with Crippen LogP contribution in [0.25, 0.3) is 10.9 Å². The Kier molecular flexibility index (Phi) is 5.74. The number of aromatic nitrogens is 1. The molecule has 0 unspecified atom stereocenters. The van der Waals surface area contributed by atoms with Crippen LogP contribution in [0, 0.1) is 0 Å². The van der Waals surface area contributed by atoms with E-state index in [0.717, 1.165) is 29.5 Å². The summed E-state index contributed by atoms with van der Waals surface area (Å²) in [4.78, 5) is 28.3. The molecule has 0 radical (unpaired) electrons. The van der Waals surface area contributed by atoms with Crippen molar-refractivity contribution in [2.24, 2.45) is 0 Å². The number of H-pyrrole nitrogens is 1. The Bertz CT molecular complexity index is 778. The Hall–Kier alpha value is -2.30. The van der Waals surface area contributed by atoms with Crippen molar-refractivity contribution < 1.29 is 9.53 Å². The van der Waals surface area contributed by atoms with Gasteiger partial charge in [-0.1, -0.05) is 19.3 Å². The van der Waals surface area contributed by atoms with Crippen LogP contribution in [-0.4, -0.2) is 35.5 Å². The molecular weight excluding hydrogens is 316 g/mol. The first-order valence-electron chi connectivity index (χ1n) is 9.15. The van der Waals surface area contributed by atoms with Gasteiger partial charge < -0.3 is 14.6 Å². The number of pyridine rings is 1. The predicted molar refractivity (Wildman–Crippen MR) is 98.9 cm³/mol. The van der Waals surface area contributed by atoms with E-state index in [0.29, 0.717) is 25.5 Å². The number of ether oxygens (including phenoxy) is 1. The van der Waals surface area contributed by atoms with E-state index >= 15 is 0 Å². The normalized spacial score (nSPS) is 15.2. The average molecular weight is 342 g/mol. The number of carbonyl (C=O) groups is 1. The molecule has 1 saturated carbocycles. The molecule has 3 rings (SSSR count). The van der Waals surface area contributed by atoms with Gasteiger partial charge in [0.15, 0.2) is 0 Å². The minimum atomic E-state index is -0.109. The fraction of sp³-hybridized carbons (Fsp3) is 0.500. The molecule has 5 nitrogen and oxygen atoms in total. The van der Waals surface area contributed by atoms with E-state index in [2.05, 4.69) is 4.98 Å². The quantitative estimate of drug-likeness (QED) is 0.818. The van der Waals surface area contributed by atoms with E-state index in [9.17, 15) is 9.59 Å². The van der Waals surface area contributed by atoms with Gasteiger partial charge in [0.05, 0.1) is 6.61 Å². The van der Waals surface area contributed by atoms with Gasteiger partial charge in [-0.2, -0.15) is 0 Å². The third kappa shape index (κ3) is 4.62. The molecule has 1 fully saturated rings. The first-order chi connectivity index (χ1) is 12.1. The van der Waals surface area contributed by atoms with Crippen molar-refractivity contribution in [3.05, 3.63) is 40.7 Å². The monoisotopic (exact) mass is 342 g/mol. The standard InChI is InChI=1S/C20H26N2O3/c1-22(16-6-3-2-4-7-16)20(24)8-5-13-25-17-10-11-18-15(14-17)9-12-19(23)21-18/h9-12,14,16H,2-8,13H2,1H3,(H,21,23). The molecule has 5 heteroatoms. The maximum Gasteiger partial charge on any atom is 0.248 e. The van der Waals surface area contributed by atoms with E-state index in [1.807, 2.05) is 30.1 Å². The third-order valence-corrected chi connectivity index (χ3v) is 5.01. The minimum Gasteiger partial charge on any atom is -0.494 e. The molecule has 0 aliphatic heterocycles. The predicted octanol–water partition coefficient (Wildman–Crippen LogP) is 3.48.